The van der Waals surface area contributed by atoms with Gasteiger partial charge in [-0.25, -0.2) is 8.42 Å². The lowest BCUT2D eigenvalue weighted by Gasteiger charge is -2.15. The van der Waals surface area contributed by atoms with Crippen LogP contribution in [0, 0.1) is 0 Å². The fourth-order valence-corrected chi connectivity index (χ4v) is 5.36. The largest absolute Gasteiger partial charge is 0.312 e. The Labute approximate surface area is 138 Å². The highest BCUT2D eigenvalue weighted by molar-refractivity contribution is 7.89. The second-order valence-corrected chi connectivity index (χ2v) is 9.34. The van der Waals surface area contributed by atoms with Gasteiger partial charge in [-0.05, 0) is 24.7 Å². The summed E-state index contributed by atoms with van der Waals surface area (Å²) in [5, 5.41) is 4.88. The number of halogens is 1. The zero-order chi connectivity index (χ0) is 15.5. The molecule has 0 aliphatic heterocycles. The normalized spacial score (nSPS) is 12.2. The molecule has 0 radical (unpaired) electrons. The molecule has 0 spiro atoms. The second-order valence-electron chi connectivity index (χ2n) is 4.50. The Kier molecular flexibility index (Phi) is 5.81. The number of sulfonamides is 1. The van der Waals surface area contributed by atoms with Gasteiger partial charge in [0.1, 0.15) is 0 Å². The summed E-state index contributed by atoms with van der Waals surface area (Å²) in [7, 11) is -1.86. The summed E-state index contributed by atoms with van der Waals surface area (Å²) in [6, 6.07) is 5.37. The van der Waals surface area contributed by atoms with Gasteiger partial charge in [0, 0.05) is 35.3 Å². The lowest BCUT2D eigenvalue weighted by Crippen LogP contribution is -2.25. The van der Waals surface area contributed by atoms with Crippen LogP contribution in [0.2, 0.25) is 4.34 Å². The summed E-state index contributed by atoms with van der Waals surface area (Å²) in [5.41, 5.74) is 0. The van der Waals surface area contributed by atoms with Crippen molar-refractivity contribution in [2.75, 3.05) is 13.6 Å². The van der Waals surface area contributed by atoms with Crippen molar-refractivity contribution in [1.82, 2.24) is 9.62 Å². The molecule has 21 heavy (non-hydrogen) atoms. The lowest BCUT2D eigenvalue weighted by atomic mass is 10.4. The summed E-state index contributed by atoms with van der Waals surface area (Å²) in [6.45, 7) is 3.91. The van der Waals surface area contributed by atoms with Gasteiger partial charge in [0.05, 0.1) is 9.23 Å². The summed E-state index contributed by atoms with van der Waals surface area (Å²) in [4.78, 5) is 2.29. The number of rotatable bonds is 7. The fraction of sp³-hybridized carbons (Fsp3) is 0.385. The molecule has 0 unspecified atom stereocenters. The first-order valence-corrected chi connectivity index (χ1v) is 9.93. The maximum Gasteiger partial charge on any atom is 0.243 e. The van der Waals surface area contributed by atoms with Crippen LogP contribution < -0.4 is 5.32 Å². The summed E-state index contributed by atoms with van der Waals surface area (Å²) < 4.78 is 27.0. The molecule has 0 aliphatic carbocycles. The third-order valence-corrected chi connectivity index (χ3v) is 6.98. The molecule has 0 atom stereocenters. The maximum atomic E-state index is 12.5. The van der Waals surface area contributed by atoms with E-state index in [2.05, 4.69) is 5.32 Å². The van der Waals surface area contributed by atoms with Crippen molar-refractivity contribution in [3.8, 4) is 0 Å². The number of hydrogen-bond donors (Lipinski definition) is 1. The molecule has 8 heteroatoms. The molecule has 2 heterocycles. The lowest BCUT2D eigenvalue weighted by molar-refractivity contribution is 0.470. The molecule has 0 aromatic carbocycles. The minimum Gasteiger partial charge on any atom is -0.312 e. The van der Waals surface area contributed by atoms with Crippen LogP contribution in [0.15, 0.2) is 28.5 Å². The molecule has 2 rings (SSSR count). The average Bonchev–Trinajstić information content (AvgIpc) is 3.06. The molecule has 2 aromatic heterocycles. The average molecular weight is 365 g/mol. The molecule has 0 saturated carbocycles. The maximum absolute atomic E-state index is 12.5. The monoisotopic (exact) mass is 364 g/mol. The first-order valence-electron chi connectivity index (χ1n) is 6.42. The summed E-state index contributed by atoms with van der Waals surface area (Å²) in [6.07, 6.45) is 0. The highest BCUT2D eigenvalue weighted by Gasteiger charge is 2.22. The zero-order valence-electron chi connectivity index (χ0n) is 11.8. The molecular formula is C13H17ClN2O2S3. The Morgan fingerprint density at radius 2 is 2.10 bits per heavy atom. The van der Waals surface area contributed by atoms with E-state index in [0.717, 1.165) is 16.3 Å². The molecular weight excluding hydrogens is 348 g/mol. The first kappa shape index (κ1) is 16.9. The van der Waals surface area contributed by atoms with E-state index in [1.165, 1.54) is 27.0 Å². The van der Waals surface area contributed by atoms with Crippen LogP contribution >= 0.6 is 34.3 Å². The SMILES string of the molecule is CCNCc1cc(S(=O)(=O)N(C)Cc2ccc(Cl)s2)cs1. The van der Waals surface area contributed by atoms with Crippen LogP contribution in [0.3, 0.4) is 0 Å². The van der Waals surface area contributed by atoms with Crippen LogP contribution in [-0.2, 0) is 23.1 Å². The van der Waals surface area contributed by atoms with Crippen LogP contribution in [0.1, 0.15) is 16.7 Å². The Hall–Kier alpha value is -0.440. The second kappa shape index (κ2) is 7.21. The van der Waals surface area contributed by atoms with Crippen molar-refractivity contribution in [1.29, 1.82) is 0 Å². The molecule has 4 nitrogen and oxygen atoms in total. The number of thiophene rings is 2. The Morgan fingerprint density at radius 1 is 1.33 bits per heavy atom. The topological polar surface area (TPSA) is 49.4 Å². The number of nitrogens with one attached hydrogen (secondary N) is 1. The van der Waals surface area contributed by atoms with Crippen LogP contribution in [0.5, 0.6) is 0 Å². The van der Waals surface area contributed by atoms with Gasteiger partial charge < -0.3 is 5.32 Å². The van der Waals surface area contributed by atoms with Gasteiger partial charge in [-0.2, -0.15) is 4.31 Å². The molecule has 0 saturated heterocycles. The first-order chi connectivity index (χ1) is 9.93. The third kappa shape index (κ3) is 4.28. The van der Waals surface area contributed by atoms with Gasteiger partial charge >= 0.3 is 0 Å². The molecule has 2 aromatic rings. The van der Waals surface area contributed by atoms with E-state index in [-0.39, 0.29) is 0 Å². The van der Waals surface area contributed by atoms with E-state index in [0.29, 0.717) is 22.3 Å². The minimum atomic E-state index is -3.45. The molecule has 0 fully saturated rings. The molecule has 0 aliphatic rings. The van der Waals surface area contributed by atoms with Gasteiger partial charge in [-0.1, -0.05) is 18.5 Å². The molecule has 116 valence electrons. The highest BCUT2D eigenvalue weighted by Crippen LogP contribution is 2.26. The highest BCUT2D eigenvalue weighted by atomic mass is 35.5. The number of nitrogens with zero attached hydrogens (tertiary/aromatic N) is 1. The van der Waals surface area contributed by atoms with Crippen LogP contribution in [-0.4, -0.2) is 26.3 Å². The standard InChI is InChI=1S/C13H17ClN2O2S3/c1-3-15-7-11-6-12(9-19-11)21(17,18)16(2)8-10-4-5-13(14)20-10/h4-6,9,15H,3,7-8H2,1-2H3. The van der Waals surface area contributed by atoms with Gasteiger partial charge in [0.2, 0.25) is 10.0 Å². The van der Waals surface area contributed by atoms with Gasteiger partial charge in [0.25, 0.3) is 0 Å². The van der Waals surface area contributed by atoms with Crippen molar-refractivity contribution in [3.05, 3.63) is 37.7 Å². The Balaban J connectivity index is 2.11. The van der Waals surface area contributed by atoms with Gasteiger partial charge in [-0.15, -0.1) is 22.7 Å². The Bertz CT molecular complexity index is 694. The van der Waals surface area contributed by atoms with E-state index >= 15 is 0 Å². The quantitative estimate of drug-likeness (QED) is 0.819. The Morgan fingerprint density at radius 3 is 2.71 bits per heavy atom. The van der Waals surface area contributed by atoms with Crippen molar-refractivity contribution < 1.29 is 8.42 Å². The van der Waals surface area contributed by atoms with Crippen molar-refractivity contribution in [2.24, 2.45) is 0 Å². The van der Waals surface area contributed by atoms with Crippen molar-refractivity contribution >= 4 is 44.3 Å². The summed E-state index contributed by atoms with van der Waals surface area (Å²) in [5.74, 6) is 0. The predicted octanol–water partition coefficient (Wildman–Crippen LogP) is 3.39. The molecule has 0 bridgehead atoms. The van der Waals surface area contributed by atoms with Crippen LogP contribution in [0.4, 0.5) is 0 Å². The smallest absolute Gasteiger partial charge is 0.243 e. The minimum absolute atomic E-state index is 0.331. The molecule has 1 N–H and O–H groups in total. The van der Waals surface area contributed by atoms with Gasteiger partial charge in [-0.3, -0.25) is 0 Å². The summed E-state index contributed by atoms with van der Waals surface area (Å²) >= 11 is 8.73. The van der Waals surface area contributed by atoms with E-state index in [4.69, 9.17) is 11.6 Å². The molecule has 0 amide bonds. The number of hydrogen-bond acceptors (Lipinski definition) is 5. The van der Waals surface area contributed by atoms with E-state index in [1.807, 2.05) is 13.0 Å². The van der Waals surface area contributed by atoms with E-state index in [1.54, 1.807) is 24.6 Å². The van der Waals surface area contributed by atoms with E-state index in [9.17, 15) is 8.42 Å². The fourth-order valence-electron chi connectivity index (χ4n) is 1.76. The predicted molar refractivity (Wildman–Crippen MR) is 89.7 cm³/mol. The van der Waals surface area contributed by atoms with Gasteiger partial charge in [0.15, 0.2) is 0 Å². The third-order valence-electron chi connectivity index (χ3n) is 2.89. The zero-order valence-corrected chi connectivity index (χ0v) is 15.0. The van der Waals surface area contributed by atoms with Crippen LogP contribution in [0.25, 0.3) is 0 Å². The van der Waals surface area contributed by atoms with Crippen molar-refractivity contribution in [3.63, 3.8) is 0 Å². The van der Waals surface area contributed by atoms with E-state index < -0.39 is 10.0 Å². The van der Waals surface area contributed by atoms with Crippen molar-refractivity contribution in [2.45, 2.75) is 24.9 Å².